The molecule has 10 heteroatoms. The zero-order valence-corrected chi connectivity index (χ0v) is 10.5. The molecule has 1 aromatic heterocycles. The summed E-state index contributed by atoms with van der Waals surface area (Å²) in [6.07, 6.45) is -5.36. The van der Waals surface area contributed by atoms with E-state index >= 15 is 0 Å². The van der Waals surface area contributed by atoms with Crippen LogP contribution in [0.25, 0.3) is 0 Å². The fourth-order valence-electron chi connectivity index (χ4n) is 1.12. The molecule has 0 atom stereocenters. The standard InChI is InChI=1S/C8H3F3IN3O3/c9-8(10,11)18-5-3-4(1-2-13)6(15(16)17)7(12)14-5/h3H,1H2. The molecule has 18 heavy (non-hydrogen) atoms. The SMILES string of the molecule is N#CCc1cc(OC(F)(F)F)nc(I)c1[N+](=O)[O-]. The van der Waals surface area contributed by atoms with Crippen LogP contribution in [0.5, 0.6) is 5.88 Å². The average molecular weight is 373 g/mol. The number of hydrogen-bond acceptors (Lipinski definition) is 5. The van der Waals surface area contributed by atoms with E-state index in [4.69, 9.17) is 5.26 Å². The van der Waals surface area contributed by atoms with Crippen molar-refractivity contribution in [3.05, 3.63) is 25.4 Å². The number of nitro groups is 1. The van der Waals surface area contributed by atoms with E-state index in [0.29, 0.717) is 0 Å². The van der Waals surface area contributed by atoms with Gasteiger partial charge in [0.1, 0.15) is 0 Å². The molecule has 0 aliphatic heterocycles. The Morgan fingerprint density at radius 1 is 1.61 bits per heavy atom. The predicted molar refractivity (Wildman–Crippen MR) is 59.6 cm³/mol. The molecule has 0 bridgehead atoms. The van der Waals surface area contributed by atoms with Crippen molar-refractivity contribution in [2.75, 3.05) is 0 Å². The topological polar surface area (TPSA) is 89.0 Å². The molecule has 0 aliphatic rings. The lowest BCUT2D eigenvalue weighted by Crippen LogP contribution is -2.18. The fourth-order valence-corrected chi connectivity index (χ4v) is 1.90. The number of halogens is 4. The fraction of sp³-hybridized carbons (Fsp3) is 0.250. The molecule has 0 saturated carbocycles. The van der Waals surface area contributed by atoms with Crippen LogP contribution in [0.2, 0.25) is 0 Å². The van der Waals surface area contributed by atoms with Crippen LogP contribution in [-0.4, -0.2) is 16.3 Å². The van der Waals surface area contributed by atoms with Gasteiger partial charge in [0, 0.05) is 6.07 Å². The van der Waals surface area contributed by atoms with E-state index in [1.165, 1.54) is 22.6 Å². The summed E-state index contributed by atoms with van der Waals surface area (Å²) in [6.45, 7) is 0. The summed E-state index contributed by atoms with van der Waals surface area (Å²) >= 11 is 1.41. The van der Waals surface area contributed by atoms with Crippen LogP contribution in [0.15, 0.2) is 6.07 Å². The van der Waals surface area contributed by atoms with Crippen LogP contribution in [0.1, 0.15) is 5.56 Å². The lowest BCUT2D eigenvalue weighted by Gasteiger charge is -2.09. The molecule has 96 valence electrons. The number of pyridine rings is 1. The van der Waals surface area contributed by atoms with Gasteiger partial charge in [0.2, 0.25) is 5.88 Å². The molecular weight excluding hydrogens is 370 g/mol. The van der Waals surface area contributed by atoms with Crippen LogP contribution in [0.4, 0.5) is 18.9 Å². The number of alkyl halides is 3. The Morgan fingerprint density at radius 2 is 2.22 bits per heavy atom. The number of aromatic nitrogens is 1. The zero-order valence-electron chi connectivity index (χ0n) is 8.36. The smallest absolute Gasteiger partial charge is 0.388 e. The van der Waals surface area contributed by atoms with Gasteiger partial charge < -0.3 is 4.74 Å². The Hall–Kier alpha value is -1.64. The Bertz CT molecular complexity index is 527. The van der Waals surface area contributed by atoms with Crippen molar-refractivity contribution in [2.24, 2.45) is 0 Å². The molecule has 0 amide bonds. The second-order valence-electron chi connectivity index (χ2n) is 2.90. The molecule has 1 aromatic rings. The summed E-state index contributed by atoms with van der Waals surface area (Å²) in [5, 5.41) is 19.2. The Labute approximate surface area is 112 Å². The van der Waals surface area contributed by atoms with Gasteiger partial charge in [-0.1, -0.05) is 0 Å². The highest BCUT2D eigenvalue weighted by molar-refractivity contribution is 14.1. The molecule has 1 heterocycles. The van der Waals surface area contributed by atoms with Crippen molar-refractivity contribution in [3.63, 3.8) is 0 Å². The van der Waals surface area contributed by atoms with E-state index in [1.807, 2.05) is 0 Å². The van der Waals surface area contributed by atoms with Crippen molar-refractivity contribution in [1.82, 2.24) is 4.98 Å². The van der Waals surface area contributed by atoms with Gasteiger partial charge in [0.05, 0.1) is 23.0 Å². The van der Waals surface area contributed by atoms with Gasteiger partial charge >= 0.3 is 12.0 Å². The summed E-state index contributed by atoms with van der Waals surface area (Å²) in [5.41, 5.74) is -0.673. The number of rotatable bonds is 3. The molecule has 0 spiro atoms. The maximum absolute atomic E-state index is 12.0. The van der Waals surface area contributed by atoms with Crippen molar-refractivity contribution >= 4 is 28.3 Å². The maximum Gasteiger partial charge on any atom is 0.574 e. The lowest BCUT2D eigenvalue weighted by atomic mass is 10.2. The Kier molecular flexibility index (Phi) is 4.28. The van der Waals surface area contributed by atoms with Crippen LogP contribution in [0, 0.1) is 25.1 Å². The van der Waals surface area contributed by atoms with Crippen LogP contribution >= 0.6 is 22.6 Å². The van der Waals surface area contributed by atoms with Crippen molar-refractivity contribution in [1.29, 1.82) is 5.26 Å². The molecule has 0 fully saturated rings. The van der Waals surface area contributed by atoms with E-state index in [0.717, 1.165) is 6.07 Å². The maximum atomic E-state index is 12.0. The second kappa shape index (κ2) is 5.34. The third-order valence-corrected chi connectivity index (χ3v) is 2.43. The van der Waals surface area contributed by atoms with Gasteiger partial charge in [0.25, 0.3) is 0 Å². The first kappa shape index (κ1) is 14.4. The van der Waals surface area contributed by atoms with Crippen LogP contribution in [0.3, 0.4) is 0 Å². The van der Waals surface area contributed by atoms with E-state index in [-0.39, 0.29) is 9.26 Å². The van der Waals surface area contributed by atoms with Crippen LogP contribution in [-0.2, 0) is 6.42 Å². The minimum atomic E-state index is -4.95. The van der Waals surface area contributed by atoms with E-state index in [2.05, 4.69) is 9.72 Å². The molecule has 0 aliphatic carbocycles. The highest BCUT2D eigenvalue weighted by Crippen LogP contribution is 2.30. The third-order valence-electron chi connectivity index (χ3n) is 1.68. The van der Waals surface area contributed by atoms with Crippen molar-refractivity contribution < 1.29 is 22.8 Å². The third kappa shape index (κ3) is 3.69. The number of hydrogen-bond donors (Lipinski definition) is 0. The minimum absolute atomic E-state index is 0.179. The van der Waals surface area contributed by atoms with E-state index in [1.54, 1.807) is 6.07 Å². The molecule has 6 nitrogen and oxygen atoms in total. The molecule has 0 N–H and O–H groups in total. The Morgan fingerprint density at radius 3 is 2.67 bits per heavy atom. The summed E-state index contributed by atoms with van der Waals surface area (Å²) < 4.78 is 39.2. The second-order valence-corrected chi connectivity index (χ2v) is 3.92. The van der Waals surface area contributed by atoms with Crippen LogP contribution < -0.4 is 4.74 Å². The van der Waals surface area contributed by atoms with Gasteiger partial charge in [-0.05, 0) is 22.6 Å². The molecule has 0 saturated heterocycles. The first-order valence-electron chi connectivity index (χ1n) is 4.21. The van der Waals surface area contributed by atoms with E-state index in [9.17, 15) is 23.3 Å². The first-order chi connectivity index (χ1) is 8.24. The molecule has 0 radical (unpaired) electrons. The van der Waals surface area contributed by atoms with Gasteiger partial charge in [-0.2, -0.15) is 10.2 Å². The van der Waals surface area contributed by atoms with Crippen molar-refractivity contribution in [3.8, 4) is 11.9 Å². The predicted octanol–water partition coefficient (Wildman–Crippen LogP) is 2.56. The summed E-state index contributed by atoms with van der Waals surface area (Å²) in [4.78, 5) is 13.2. The minimum Gasteiger partial charge on any atom is -0.388 e. The zero-order chi connectivity index (χ0) is 13.9. The first-order valence-corrected chi connectivity index (χ1v) is 5.29. The molecular formula is C8H3F3IN3O3. The molecule has 0 unspecified atom stereocenters. The normalized spacial score (nSPS) is 10.8. The Balaban J connectivity index is 3.28. The van der Waals surface area contributed by atoms with Gasteiger partial charge in [-0.3, -0.25) is 10.1 Å². The highest BCUT2D eigenvalue weighted by Gasteiger charge is 2.33. The lowest BCUT2D eigenvalue weighted by molar-refractivity contribution is -0.386. The highest BCUT2D eigenvalue weighted by atomic mass is 127. The average Bonchev–Trinajstić information content (AvgIpc) is 2.13. The quantitative estimate of drug-likeness (QED) is 0.352. The number of ether oxygens (including phenoxy) is 1. The van der Waals surface area contributed by atoms with Crippen molar-refractivity contribution in [2.45, 2.75) is 12.8 Å². The summed E-state index contributed by atoms with van der Waals surface area (Å²) in [7, 11) is 0. The number of nitriles is 1. The molecule has 0 aromatic carbocycles. The van der Waals surface area contributed by atoms with Gasteiger partial charge in [-0.15, -0.1) is 13.2 Å². The monoisotopic (exact) mass is 373 g/mol. The summed E-state index contributed by atoms with van der Waals surface area (Å²) in [5.74, 6) is -0.831. The summed E-state index contributed by atoms with van der Waals surface area (Å²) in [6, 6.07) is 2.36. The van der Waals surface area contributed by atoms with Gasteiger partial charge in [0.15, 0.2) is 3.70 Å². The molecule has 1 rings (SSSR count). The largest absolute Gasteiger partial charge is 0.574 e. The van der Waals surface area contributed by atoms with Gasteiger partial charge in [-0.25, -0.2) is 0 Å². The number of nitrogens with zero attached hydrogens (tertiary/aromatic N) is 3. The van der Waals surface area contributed by atoms with E-state index < -0.39 is 29.3 Å².